The van der Waals surface area contributed by atoms with Crippen molar-refractivity contribution >= 4 is 16.7 Å². The molecule has 1 atom stereocenters. The molecule has 0 bridgehead atoms. The minimum Gasteiger partial charge on any atom is -0.337 e. The summed E-state index contributed by atoms with van der Waals surface area (Å²) in [6, 6.07) is 12.3. The van der Waals surface area contributed by atoms with Gasteiger partial charge in [0.15, 0.2) is 0 Å². The lowest BCUT2D eigenvalue weighted by Crippen LogP contribution is -2.41. The van der Waals surface area contributed by atoms with Crippen LogP contribution in [0.25, 0.3) is 10.8 Å². The summed E-state index contributed by atoms with van der Waals surface area (Å²) in [7, 11) is 0. The summed E-state index contributed by atoms with van der Waals surface area (Å²) >= 11 is 0. The van der Waals surface area contributed by atoms with E-state index in [1.54, 1.807) is 23.1 Å². The number of aromatic amines is 1. The summed E-state index contributed by atoms with van der Waals surface area (Å²) in [5.74, 6) is -0.748. The van der Waals surface area contributed by atoms with Crippen LogP contribution in [0.4, 0.5) is 4.39 Å². The second-order valence-corrected chi connectivity index (χ2v) is 8.83. The second-order valence-electron chi connectivity index (χ2n) is 8.83. The van der Waals surface area contributed by atoms with E-state index in [2.05, 4.69) is 15.1 Å². The van der Waals surface area contributed by atoms with Gasteiger partial charge in [-0.05, 0) is 56.1 Å². The number of nitrogens with zero attached hydrogens (tertiary/aromatic N) is 3. The Bertz CT molecular complexity index is 1200. The monoisotopic (exact) mass is 434 g/mol. The fourth-order valence-electron chi connectivity index (χ4n) is 5.02. The number of aromatic nitrogens is 2. The van der Waals surface area contributed by atoms with Gasteiger partial charge in [0.05, 0.1) is 16.6 Å². The van der Waals surface area contributed by atoms with Gasteiger partial charge in [-0.25, -0.2) is 9.49 Å². The summed E-state index contributed by atoms with van der Waals surface area (Å²) < 4.78 is 14.6. The van der Waals surface area contributed by atoms with Gasteiger partial charge >= 0.3 is 0 Å². The molecule has 0 spiro atoms. The van der Waals surface area contributed by atoms with Crippen molar-refractivity contribution in [2.45, 2.75) is 38.1 Å². The number of carbonyl (C=O) groups is 1. The Morgan fingerprint density at radius 2 is 1.84 bits per heavy atom. The van der Waals surface area contributed by atoms with Crippen LogP contribution in [0.5, 0.6) is 0 Å². The number of H-pyrrole nitrogens is 1. The zero-order valence-corrected chi connectivity index (χ0v) is 18.0. The summed E-state index contributed by atoms with van der Waals surface area (Å²) in [5, 5.41) is 8.07. The summed E-state index contributed by atoms with van der Waals surface area (Å²) in [5.41, 5.74) is 1.34. The third-order valence-electron chi connectivity index (χ3n) is 6.77. The predicted molar refractivity (Wildman–Crippen MR) is 121 cm³/mol. The molecule has 6 nitrogen and oxygen atoms in total. The fraction of sp³-hybridized carbons (Fsp3) is 0.400. The maximum atomic E-state index is 14.6. The average molecular weight is 435 g/mol. The second kappa shape index (κ2) is 8.82. The highest BCUT2D eigenvalue weighted by Crippen LogP contribution is 2.24. The minimum atomic E-state index is -0.501. The Morgan fingerprint density at radius 1 is 1.06 bits per heavy atom. The molecule has 3 heterocycles. The number of benzene rings is 2. The smallest absolute Gasteiger partial charge is 0.272 e. The molecule has 2 aromatic carbocycles. The number of carbonyl (C=O) groups excluding carboxylic acids is 1. The third-order valence-corrected chi connectivity index (χ3v) is 6.77. The molecule has 7 heteroatoms. The average Bonchev–Trinajstić information content (AvgIpc) is 3.33. The first-order valence-electron chi connectivity index (χ1n) is 11.4. The van der Waals surface area contributed by atoms with Crippen molar-refractivity contribution in [2.75, 3.05) is 26.2 Å². The van der Waals surface area contributed by atoms with E-state index in [4.69, 9.17) is 0 Å². The Kier molecular flexibility index (Phi) is 5.74. The van der Waals surface area contributed by atoms with E-state index >= 15 is 0 Å². The zero-order chi connectivity index (χ0) is 22.1. The molecule has 2 fully saturated rings. The lowest BCUT2D eigenvalue weighted by Gasteiger charge is -2.32. The van der Waals surface area contributed by atoms with Crippen molar-refractivity contribution < 1.29 is 9.18 Å². The molecule has 1 aromatic heterocycles. The van der Waals surface area contributed by atoms with E-state index in [1.165, 1.54) is 25.3 Å². The predicted octanol–water partition coefficient (Wildman–Crippen LogP) is 3.35. The van der Waals surface area contributed by atoms with E-state index in [9.17, 15) is 14.0 Å². The van der Waals surface area contributed by atoms with Gasteiger partial charge in [0.2, 0.25) is 0 Å². The maximum absolute atomic E-state index is 14.6. The van der Waals surface area contributed by atoms with Crippen molar-refractivity contribution in [3.8, 4) is 0 Å². The molecule has 2 saturated heterocycles. The van der Waals surface area contributed by atoms with Crippen molar-refractivity contribution in [2.24, 2.45) is 0 Å². The Labute approximate surface area is 186 Å². The van der Waals surface area contributed by atoms with Crippen LogP contribution in [0.3, 0.4) is 0 Å². The number of rotatable bonds is 4. The van der Waals surface area contributed by atoms with E-state index < -0.39 is 5.82 Å². The molecule has 3 aromatic rings. The number of amides is 1. The highest BCUT2D eigenvalue weighted by Gasteiger charge is 2.32. The van der Waals surface area contributed by atoms with Gasteiger partial charge in [-0.15, -0.1) is 0 Å². The van der Waals surface area contributed by atoms with E-state index in [0.717, 1.165) is 30.5 Å². The van der Waals surface area contributed by atoms with Crippen LogP contribution in [0, 0.1) is 5.82 Å². The van der Waals surface area contributed by atoms with E-state index in [-0.39, 0.29) is 17.0 Å². The number of hydrogen-bond acceptors (Lipinski definition) is 4. The molecule has 1 unspecified atom stereocenters. The van der Waals surface area contributed by atoms with Crippen molar-refractivity contribution in [1.82, 2.24) is 20.0 Å². The van der Waals surface area contributed by atoms with Crippen molar-refractivity contribution in [3.63, 3.8) is 0 Å². The van der Waals surface area contributed by atoms with Crippen LogP contribution in [0.2, 0.25) is 0 Å². The van der Waals surface area contributed by atoms with Gasteiger partial charge in [-0.2, -0.15) is 5.10 Å². The standard InChI is InChI=1S/C25H27FN4O2/c26-22-9-8-17(15-23-19-6-2-3-7-20(19)24(31)28-27-23)14-21(22)25(32)30-13-10-18(16-30)29-11-4-1-5-12-29/h2-3,6-9,14,18H,1,4-5,10-13,15-16H2,(H,28,31). The molecular formula is C25H27FN4O2. The Morgan fingerprint density at radius 3 is 2.66 bits per heavy atom. The lowest BCUT2D eigenvalue weighted by atomic mass is 10.0. The van der Waals surface area contributed by atoms with Crippen LogP contribution in [-0.4, -0.2) is 58.1 Å². The zero-order valence-electron chi connectivity index (χ0n) is 18.0. The molecule has 2 aliphatic heterocycles. The molecule has 0 saturated carbocycles. The number of fused-ring (bicyclic) bond motifs is 1. The molecule has 2 aliphatic rings. The Hall–Kier alpha value is -3.06. The molecule has 5 rings (SSSR count). The largest absolute Gasteiger partial charge is 0.337 e. The first kappa shape index (κ1) is 20.8. The summed E-state index contributed by atoms with van der Waals surface area (Å²) in [6.45, 7) is 3.51. The van der Waals surface area contributed by atoms with Gasteiger partial charge in [0, 0.05) is 30.9 Å². The number of halogens is 1. The first-order chi connectivity index (χ1) is 15.6. The molecule has 0 aliphatic carbocycles. The van der Waals surface area contributed by atoms with E-state index in [1.807, 2.05) is 18.2 Å². The van der Waals surface area contributed by atoms with Gasteiger partial charge in [0.1, 0.15) is 5.82 Å². The highest BCUT2D eigenvalue weighted by atomic mass is 19.1. The molecule has 1 amide bonds. The van der Waals surface area contributed by atoms with Crippen molar-refractivity contribution in [1.29, 1.82) is 0 Å². The van der Waals surface area contributed by atoms with Gasteiger partial charge in [-0.3, -0.25) is 14.5 Å². The maximum Gasteiger partial charge on any atom is 0.272 e. The fourth-order valence-corrected chi connectivity index (χ4v) is 5.02. The summed E-state index contributed by atoms with van der Waals surface area (Å²) in [4.78, 5) is 29.5. The summed E-state index contributed by atoms with van der Waals surface area (Å²) in [6.07, 6.45) is 5.06. The molecule has 1 N–H and O–H groups in total. The number of likely N-dealkylation sites (tertiary alicyclic amines) is 2. The van der Waals surface area contributed by atoms with Crippen LogP contribution in [-0.2, 0) is 6.42 Å². The van der Waals surface area contributed by atoms with Gasteiger partial charge in [0.25, 0.3) is 11.5 Å². The van der Waals surface area contributed by atoms with Gasteiger partial charge < -0.3 is 4.90 Å². The highest BCUT2D eigenvalue weighted by molar-refractivity contribution is 5.95. The number of hydrogen-bond donors (Lipinski definition) is 1. The van der Waals surface area contributed by atoms with Crippen LogP contribution >= 0.6 is 0 Å². The lowest BCUT2D eigenvalue weighted by molar-refractivity contribution is 0.0767. The molecule has 166 valence electrons. The topological polar surface area (TPSA) is 69.3 Å². The minimum absolute atomic E-state index is 0.107. The molecular weight excluding hydrogens is 407 g/mol. The number of piperidine rings is 1. The Balaban J connectivity index is 1.36. The number of nitrogens with one attached hydrogen (secondary N) is 1. The van der Waals surface area contributed by atoms with Crippen LogP contribution in [0.15, 0.2) is 47.3 Å². The van der Waals surface area contributed by atoms with E-state index in [0.29, 0.717) is 36.6 Å². The SMILES string of the molecule is O=C(c1cc(Cc2n[nH]c(=O)c3ccccc23)ccc1F)N1CCC(N2CCCCC2)C1. The quantitative estimate of drug-likeness (QED) is 0.684. The van der Waals surface area contributed by atoms with Crippen molar-refractivity contribution in [3.05, 3.63) is 75.5 Å². The molecule has 0 radical (unpaired) electrons. The van der Waals surface area contributed by atoms with Gasteiger partial charge in [-0.1, -0.05) is 30.7 Å². The normalized spacial score (nSPS) is 19.5. The van der Waals surface area contributed by atoms with Crippen LogP contribution < -0.4 is 5.56 Å². The molecule has 32 heavy (non-hydrogen) atoms. The van der Waals surface area contributed by atoms with Crippen LogP contribution in [0.1, 0.15) is 47.3 Å². The first-order valence-corrected chi connectivity index (χ1v) is 11.4. The third kappa shape index (κ3) is 4.05.